The average Bonchev–Trinajstić information content (AvgIpc) is 2.87. The van der Waals surface area contributed by atoms with Gasteiger partial charge in [-0.3, -0.25) is 10.1 Å². The molecule has 0 bridgehead atoms. The van der Waals surface area contributed by atoms with Gasteiger partial charge in [0.1, 0.15) is 5.92 Å². The number of nitrogens with zero attached hydrogens (tertiary/aromatic N) is 1. The van der Waals surface area contributed by atoms with Crippen LogP contribution in [-0.2, 0) is 9.53 Å². The fourth-order valence-corrected chi connectivity index (χ4v) is 2.31. The third-order valence-corrected chi connectivity index (χ3v) is 3.38. The van der Waals surface area contributed by atoms with E-state index in [9.17, 15) is 9.59 Å². The van der Waals surface area contributed by atoms with Gasteiger partial charge in [-0.05, 0) is 6.92 Å². The van der Waals surface area contributed by atoms with Gasteiger partial charge in [0.05, 0.1) is 19.3 Å². The van der Waals surface area contributed by atoms with Crippen LogP contribution in [0.15, 0.2) is 6.20 Å². The number of urea groups is 1. The maximum Gasteiger partial charge on any atom is 0.321 e. The quantitative estimate of drug-likeness (QED) is 0.750. The van der Waals surface area contributed by atoms with Crippen molar-refractivity contribution in [3.05, 3.63) is 11.1 Å². The van der Waals surface area contributed by atoms with Gasteiger partial charge in [0.25, 0.3) is 0 Å². The highest BCUT2D eigenvalue weighted by atomic mass is 32.1. The Morgan fingerprint density at radius 1 is 1.56 bits per heavy atom. The molecule has 0 saturated carbocycles. The third-order valence-electron chi connectivity index (χ3n) is 2.56. The molecule has 18 heavy (non-hydrogen) atoms. The lowest BCUT2D eigenvalue weighted by Gasteiger charge is -2.15. The number of carboxylic acid groups (broad SMARTS) is 1. The van der Waals surface area contributed by atoms with Gasteiger partial charge in [0.15, 0.2) is 5.13 Å². The zero-order chi connectivity index (χ0) is 13.1. The second-order valence-corrected chi connectivity index (χ2v) is 5.20. The Balaban J connectivity index is 1.89. The number of anilines is 1. The summed E-state index contributed by atoms with van der Waals surface area (Å²) in [5, 5.41) is 14.5. The third kappa shape index (κ3) is 2.96. The van der Waals surface area contributed by atoms with E-state index in [2.05, 4.69) is 15.6 Å². The molecule has 1 fully saturated rings. The first-order valence-corrected chi connectivity index (χ1v) is 6.18. The standard InChI is InChI=1S/C10H13N3O4S/c1-5-2-11-10(18-5)13-9(16)12-7-4-17-3-6(7)8(14)15/h2,6-7H,3-4H2,1H3,(H,14,15)(H2,11,12,13,16). The lowest BCUT2D eigenvalue weighted by Crippen LogP contribution is -2.44. The van der Waals surface area contributed by atoms with Crippen molar-refractivity contribution in [3.8, 4) is 0 Å². The van der Waals surface area contributed by atoms with Crippen LogP contribution in [0.5, 0.6) is 0 Å². The fraction of sp³-hybridized carbons (Fsp3) is 0.500. The topological polar surface area (TPSA) is 101 Å². The van der Waals surface area contributed by atoms with E-state index in [-0.39, 0.29) is 13.2 Å². The second-order valence-electron chi connectivity index (χ2n) is 3.96. The summed E-state index contributed by atoms with van der Waals surface area (Å²) in [5.74, 6) is -1.67. The molecule has 1 aliphatic rings. The predicted molar refractivity (Wildman–Crippen MR) is 64.7 cm³/mol. The molecule has 1 aliphatic heterocycles. The van der Waals surface area contributed by atoms with E-state index < -0.39 is 24.0 Å². The van der Waals surface area contributed by atoms with E-state index in [4.69, 9.17) is 9.84 Å². The minimum absolute atomic E-state index is 0.122. The van der Waals surface area contributed by atoms with Crippen molar-refractivity contribution in [1.82, 2.24) is 10.3 Å². The van der Waals surface area contributed by atoms with Crippen LogP contribution in [0.1, 0.15) is 4.88 Å². The first-order chi connectivity index (χ1) is 8.56. The number of carboxylic acids is 1. The largest absolute Gasteiger partial charge is 0.481 e. The van der Waals surface area contributed by atoms with Crippen LogP contribution in [-0.4, -0.2) is 41.3 Å². The molecule has 8 heteroatoms. The summed E-state index contributed by atoms with van der Waals surface area (Å²) in [6.45, 7) is 2.21. The van der Waals surface area contributed by atoms with Gasteiger partial charge in [-0.1, -0.05) is 0 Å². The first-order valence-electron chi connectivity index (χ1n) is 5.37. The van der Waals surface area contributed by atoms with Crippen molar-refractivity contribution >= 4 is 28.5 Å². The van der Waals surface area contributed by atoms with Gasteiger partial charge < -0.3 is 15.2 Å². The Hall–Kier alpha value is -1.67. The molecule has 1 aromatic rings. The lowest BCUT2D eigenvalue weighted by atomic mass is 10.0. The van der Waals surface area contributed by atoms with Gasteiger partial charge in [0, 0.05) is 11.1 Å². The normalized spacial score (nSPS) is 22.7. The molecule has 2 amide bonds. The maximum atomic E-state index is 11.6. The van der Waals surface area contributed by atoms with Crippen LogP contribution >= 0.6 is 11.3 Å². The van der Waals surface area contributed by atoms with Gasteiger partial charge in [-0.15, -0.1) is 11.3 Å². The highest BCUT2D eigenvalue weighted by Gasteiger charge is 2.35. The number of ether oxygens (including phenoxy) is 1. The van der Waals surface area contributed by atoms with E-state index >= 15 is 0 Å². The summed E-state index contributed by atoms with van der Waals surface area (Å²) < 4.78 is 5.05. The first kappa shape index (κ1) is 12.8. The Morgan fingerprint density at radius 3 is 2.94 bits per heavy atom. The number of amides is 2. The highest BCUT2D eigenvalue weighted by Crippen LogP contribution is 2.17. The monoisotopic (exact) mass is 271 g/mol. The molecule has 2 unspecified atom stereocenters. The zero-order valence-corrected chi connectivity index (χ0v) is 10.5. The smallest absolute Gasteiger partial charge is 0.321 e. The number of hydrogen-bond donors (Lipinski definition) is 3. The average molecular weight is 271 g/mol. The van der Waals surface area contributed by atoms with Crippen LogP contribution in [0.3, 0.4) is 0 Å². The van der Waals surface area contributed by atoms with Crippen LogP contribution in [0, 0.1) is 12.8 Å². The SMILES string of the molecule is Cc1cnc(NC(=O)NC2COCC2C(=O)O)s1. The number of thiazole rings is 1. The van der Waals surface area contributed by atoms with Crippen molar-refractivity contribution < 1.29 is 19.4 Å². The van der Waals surface area contributed by atoms with Gasteiger partial charge in [0.2, 0.25) is 0 Å². The van der Waals surface area contributed by atoms with E-state index in [1.165, 1.54) is 11.3 Å². The van der Waals surface area contributed by atoms with Crippen molar-refractivity contribution in [3.63, 3.8) is 0 Å². The molecule has 98 valence electrons. The van der Waals surface area contributed by atoms with Gasteiger partial charge in [-0.2, -0.15) is 0 Å². The Kier molecular flexibility index (Phi) is 3.78. The Labute approximate surface area is 107 Å². The van der Waals surface area contributed by atoms with Crippen LogP contribution in [0.25, 0.3) is 0 Å². The molecular weight excluding hydrogens is 258 g/mol. The number of aromatic nitrogens is 1. The molecule has 0 spiro atoms. The lowest BCUT2D eigenvalue weighted by molar-refractivity contribution is -0.142. The minimum atomic E-state index is -0.970. The molecule has 0 radical (unpaired) electrons. The van der Waals surface area contributed by atoms with Crippen LogP contribution in [0.4, 0.5) is 9.93 Å². The van der Waals surface area contributed by atoms with E-state index in [0.29, 0.717) is 5.13 Å². The fourth-order valence-electron chi connectivity index (χ4n) is 1.65. The number of rotatable bonds is 3. The number of hydrogen-bond acceptors (Lipinski definition) is 5. The van der Waals surface area contributed by atoms with Crippen molar-refractivity contribution in [2.45, 2.75) is 13.0 Å². The summed E-state index contributed by atoms with van der Waals surface area (Å²) in [7, 11) is 0. The molecule has 3 N–H and O–H groups in total. The molecule has 2 atom stereocenters. The summed E-state index contributed by atoms with van der Waals surface area (Å²) >= 11 is 1.35. The van der Waals surface area contributed by atoms with E-state index in [0.717, 1.165) is 4.88 Å². The molecule has 2 rings (SSSR count). The second kappa shape index (κ2) is 5.32. The number of carbonyl (C=O) groups excluding carboxylic acids is 1. The van der Waals surface area contributed by atoms with Gasteiger partial charge in [-0.25, -0.2) is 9.78 Å². The zero-order valence-electron chi connectivity index (χ0n) is 9.67. The van der Waals surface area contributed by atoms with E-state index in [1.807, 2.05) is 6.92 Å². The Bertz CT molecular complexity index is 462. The predicted octanol–water partition coefficient (Wildman–Crippen LogP) is 0.673. The summed E-state index contributed by atoms with van der Waals surface area (Å²) in [6, 6.07) is -0.977. The molecule has 1 saturated heterocycles. The van der Waals surface area contributed by atoms with Crippen molar-refractivity contribution in [2.75, 3.05) is 18.5 Å². The van der Waals surface area contributed by atoms with Crippen molar-refractivity contribution in [2.24, 2.45) is 5.92 Å². The number of aliphatic carboxylic acids is 1. The molecule has 7 nitrogen and oxygen atoms in total. The highest BCUT2D eigenvalue weighted by molar-refractivity contribution is 7.15. The van der Waals surface area contributed by atoms with Crippen LogP contribution in [0.2, 0.25) is 0 Å². The summed E-state index contributed by atoms with van der Waals surface area (Å²) in [6.07, 6.45) is 1.65. The van der Waals surface area contributed by atoms with E-state index in [1.54, 1.807) is 6.20 Å². The number of carbonyl (C=O) groups is 2. The maximum absolute atomic E-state index is 11.6. The van der Waals surface area contributed by atoms with Gasteiger partial charge >= 0.3 is 12.0 Å². The molecular formula is C10H13N3O4S. The molecule has 1 aromatic heterocycles. The summed E-state index contributed by atoms with van der Waals surface area (Å²) in [5.41, 5.74) is 0. The number of aryl methyl sites for hydroxylation is 1. The molecule has 0 aliphatic carbocycles. The van der Waals surface area contributed by atoms with Crippen molar-refractivity contribution in [1.29, 1.82) is 0 Å². The Morgan fingerprint density at radius 2 is 2.33 bits per heavy atom. The minimum Gasteiger partial charge on any atom is -0.481 e. The molecule has 0 aromatic carbocycles. The van der Waals surface area contributed by atoms with Crippen LogP contribution < -0.4 is 10.6 Å². The summed E-state index contributed by atoms with van der Waals surface area (Å²) in [4.78, 5) is 27.5. The molecule has 2 heterocycles. The number of nitrogens with one attached hydrogen (secondary N) is 2.